The number of aryl methyl sites for hydroxylation is 1. The smallest absolute Gasteiger partial charge is 0.320 e. The third-order valence-electron chi connectivity index (χ3n) is 7.16. The molecule has 0 radical (unpaired) electrons. The number of methoxy groups -OCH3 is 2. The van der Waals surface area contributed by atoms with E-state index in [1.54, 1.807) is 46.3 Å². The summed E-state index contributed by atoms with van der Waals surface area (Å²) in [5.41, 5.74) is 4.32. The molecule has 0 amide bonds. The standard InChI is InChI=1S/C22H25N3O5S.C15H13N3OS/c1-5-29-20(26)16(21(27)30-6-2)10-11-18-17(13-23)19(25-22(24-18)31-4)14-8-7-9-15(12-14)28-3;1-4-13-12(9-16)14(18-15(17-13)20-3)10-6-5-7-11(8-10)19-2/h7-9,12,16H,5-6,10-11H2,1-4H3;4-8H,1H2,2-3H3. The molecule has 2 heterocycles. The minimum atomic E-state index is -1.08. The van der Waals surface area contributed by atoms with Gasteiger partial charge in [-0.25, -0.2) is 19.9 Å². The number of carbonyl (C=O) groups excluding carboxylic acids is 2. The molecule has 0 fully saturated rings. The molecular weight excluding hydrogens is 689 g/mol. The van der Waals surface area contributed by atoms with Crippen molar-refractivity contribution >= 4 is 41.5 Å². The number of esters is 2. The predicted octanol–water partition coefficient (Wildman–Crippen LogP) is 6.81. The van der Waals surface area contributed by atoms with Crippen molar-refractivity contribution in [3.63, 3.8) is 0 Å². The number of hydrogen-bond donors (Lipinski definition) is 0. The number of nitrogens with zero attached hydrogens (tertiary/aromatic N) is 6. The molecular formula is C37H38N6O6S2. The number of benzene rings is 2. The lowest BCUT2D eigenvalue weighted by molar-refractivity contribution is -0.161. The lowest BCUT2D eigenvalue weighted by Gasteiger charge is -2.15. The van der Waals surface area contributed by atoms with Gasteiger partial charge in [0.05, 0.1) is 55.8 Å². The summed E-state index contributed by atoms with van der Waals surface area (Å²) in [6.45, 7) is 7.36. The van der Waals surface area contributed by atoms with Gasteiger partial charge in [-0.2, -0.15) is 10.5 Å². The Hall–Kier alpha value is -5.44. The first-order valence-electron chi connectivity index (χ1n) is 15.7. The van der Waals surface area contributed by atoms with Crippen LogP contribution < -0.4 is 9.47 Å². The van der Waals surface area contributed by atoms with E-state index >= 15 is 0 Å². The summed E-state index contributed by atoms with van der Waals surface area (Å²) in [6.07, 6.45) is 5.61. The molecule has 2 aromatic heterocycles. The fourth-order valence-corrected chi connectivity index (χ4v) is 5.49. The van der Waals surface area contributed by atoms with Gasteiger partial charge in [-0.3, -0.25) is 9.59 Å². The second-order valence-electron chi connectivity index (χ2n) is 10.2. The van der Waals surface area contributed by atoms with Gasteiger partial charge < -0.3 is 18.9 Å². The van der Waals surface area contributed by atoms with E-state index in [1.165, 1.54) is 23.5 Å². The van der Waals surface area contributed by atoms with Gasteiger partial charge >= 0.3 is 11.9 Å². The van der Waals surface area contributed by atoms with E-state index in [4.69, 9.17) is 18.9 Å². The first-order valence-corrected chi connectivity index (χ1v) is 18.1. The number of ether oxygens (including phenoxy) is 4. The largest absolute Gasteiger partial charge is 0.497 e. The van der Waals surface area contributed by atoms with Crippen LogP contribution >= 0.6 is 23.5 Å². The summed E-state index contributed by atoms with van der Waals surface area (Å²) in [5.74, 6) is -1.02. The van der Waals surface area contributed by atoms with E-state index in [0.29, 0.717) is 50.0 Å². The summed E-state index contributed by atoms with van der Waals surface area (Å²) < 4.78 is 20.5. The Balaban J connectivity index is 0.000000302. The third kappa shape index (κ3) is 10.5. The molecule has 0 saturated heterocycles. The molecule has 2 aromatic carbocycles. The molecule has 0 spiro atoms. The molecule has 0 saturated carbocycles. The molecule has 0 aliphatic rings. The number of hydrogen-bond acceptors (Lipinski definition) is 14. The van der Waals surface area contributed by atoms with Gasteiger partial charge in [0.2, 0.25) is 0 Å². The molecule has 4 aromatic rings. The molecule has 0 aliphatic carbocycles. The van der Waals surface area contributed by atoms with Gasteiger partial charge in [-0.05, 0) is 69.5 Å². The van der Waals surface area contributed by atoms with E-state index < -0.39 is 17.9 Å². The van der Waals surface area contributed by atoms with Gasteiger partial charge in [0.25, 0.3) is 0 Å². The minimum Gasteiger partial charge on any atom is -0.497 e. The Bertz CT molecular complexity index is 1920. The molecule has 4 rings (SSSR count). The van der Waals surface area contributed by atoms with E-state index in [9.17, 15) is 20.1 Å². The van der Waals surface area contributed by atoms with Crippen molar-refractivity contribution in [1.29, 1.82) is 10.5 Å². The minimum absolute atomic E-state index is 0.106. The SMILES string of the molecule is C=Cc1nc(SC)nc(-c2cccc(OC)c2)c1C#N.CCOC(=O)C(CCc1nc(SC)nc(-c2cccc(OC)c2)c1C#N)C(=O)OCC. The average Bonchev–Trinajstić information content (AvgIpc) is 3.17. The number of thioether (sulfide) groups is 2. The zero-order valence-corrected chi connectivity index (χ0v) is 30.9. The Kier molecular flexibility index (Phi) is 15.9. The highest BCUT2D eigenvalue weighted by atomic mass is 32.2. The van der Waals surface area contributed by atoms with E-state index in [-0.39, 0.29) is 31.6 Å². The van der Waals surface area contributed by atoms with Crippen molar-refractivity contribution < 1.29 is 28.5 Å². The van der Waals surface area contributed by atoms with E-state index in [0.717, 1.165) is 11.3 Å². The summed E-state index contributed by atoms with van der Waals surface area (Å²) in [6, 6.07) is 19.0. The molecule has 14 heteroatoms. The van der Waals surface area contributed by atoms with Crippen molar-refractivity contribution in [3.8, 4) is 46.2 Å². The topological polar surface area (TPSA) is 170 Å². The fourth-order valence-electron chi connectivity index (χ4n) is 4.74. The Morgan fingerprint density at radius 1 is 0.804 bits per heavy atom. The van der Waals surface area contributed by atoms with Crippen LogP contribution in [-0.2, 0) is 25.5 Å². The Labute approximate surface area is 306 Å². The second kappa shape index (κ2) is 20.3. The van der Waals surface area contributed by atoms with Crippen molar-refractivity contribution in [1.82, 2.24) is 19.9 Å². The molecule has 264 valence electrons. The highest BCUT2D eigenvalue weighted by Crippen LogP contribution is 2.30. The van der Waals surface area contributed by atoms with Crippen LogP contribution in [0.25, 0.3) is 28.6 Å². The lowest BCUT2D eigenvalue weighted by atomic mass is 9.98. The van der Waals surface area contributed by atoms with Crippen LogP contribution in [0.3, 0.4) is 0 Å². The number of carbonyl (C=O) groups is 2. The quantitative estimate of drug-likeness (QED) is 0.0574. The van der Waals surface area contributed by atoms with Crippen LogP contribution in [0.4, 0.5) is 0 Å². The monoisotopic (exact) mass is 726 g/mol. The Morgan fingerprint density at radius 3 is 1.73 bits per heavy atom. The number of rotatable bonds is 14. The van der Waals surface area contributed by atoms with Crippen LogP contribution in [0.2, 0.25) is 0 Å². The highest BCUT2D eigenvalue weighted by Gasteiger charge is 2.30. The van der Waals surface area contributed by atoms with Gasteiger partial charge in [-0.1, -0.05) is 54.4 Å². The maximum Gasteiger partial charge on any atom is 0.320 e. The summed E-state index contributed by atoms with van der Waals surface area (Å²) in [7, 11) is 3.17. The maximum absolute atomic E-state index is 12.3. The summed E-state index contributed by atoms with van der Waals surface area (Å²) in [5, 5.41) is 20.3. The zero-order chi connectivity index (χ0) is 37.3. The Morgan fingerprint density at radius 2 is 1.29 bits per heavy atom. The van der Waals surface area contributed by atoms with Gasteiger partial charge in [0.15, 0.2) is 16.2 Å². The third-order valence-corrected chi connectivity index (χ3v) is 8.26. The predicted molar refractivity (Wildman–Crippen MR) is 196 cm³/mol. The number of nitriles is 2. The number of aromatic nitrogens is 4. The highest BCUT2D eigenvalue weighted by molar-refractivity contribution is 7.98. The lowest BCUT2D eigenvalue weighted by Crippen LogP contribution is -2.29. The summed E-state index contributed by atoms with van der Waals surface area (Å²) >= 11 is 2.76. The van der Waals surface area contributed by atoms with Crippen LogP contribution in [-0.4, -0.2) is 71.8 Å². The van der Waals surface area contributed by atoms with Gasteiger partial charge in [0, 0.05) is 11.1 Å². The van der Waals surface area contributed by atoms with Crippen LogP contribution in [0, 0.1) is 28.6 Å². The molecule has 12 nitrogen and oxygen atoms in total. The molecule has 0 aliphatic heterocycles. The summed E-state index contributed by atoms with van der Waals surface area (Å²) in [4.78, 5) is 42.3. The first kappa shape index (κ1) is 40.0. The van der Waals surface area contributed by atoms with E-state index in [2.05, 4.69) is 38.7 Å². The normalized spacial score (nSPS) is 10.2. The van der Waals surface area contributed by atoms with Crippen LogP contribution in [0.5, 0.6) is 11.5 Å². The molecule has 0 atom stereocenters. The molecule has 0 N–H and O–H groups in total. The van der Waals surface area contributed by atoms with Crippen LogP contribution in [0.1, 0.15) is 42.8 Å². The van der Waals surface area contributed by atoms with Crippen LogP contribution in [0.15, 0.2) is 65.4 Å². The van der Waals surface area contributed by atoms with Crippen molar-refractivity contribution in [2.45, 2.75) is 37.0 Å². The average molecular weight is 727 g/mol. The van der Waals surface area contributed by atoms with Gasteiger partial charge in [-0.15, -0.1) is 0 Å². The second-order valence-corrected chi connectivity index (χ2v) is 11.7. The molecule has 51 heavy (non-hydrogen) atoms. The molecule has 0 unspecified atom stereocenters. The van der Waals surface area contributed by atoms with E-state index in [1.807, 2.05) is 48.9 Å². The zero-order valence-electron chi connectivity index (χ0n) is 29.3. The maximum atomic E-state index is 12.3. The van der Waals surface area contributed by atoms with Crippen molar-refractivity contribution in [2.75, 3.05) is 39.9 Å². The van der Waals surface area contributed by atoms with Gasteiger partial charge in [0.1, 0.15) is 29.2 Å². The fraction of sp³-hybridized carbons (Fsp3) is 0.297. The van der Waals surface area contributed by atoms with Crippen molar-refractivity contribution in [2.24, 2.45) is 5.92 Å². The van der Waals surface area contributed by atoms with Crippen molar-refractivity contribution in [3.05, 3.63) is 77.6 Å². The molecule has 0 bridgehead atoms. The first-order chi connectivity index (χ1) is 24.7.